The molecule has 2 rings (SSSR count). The summed E-state index contributed by atoms with van der Waals surface area (Å²) < 4.78 is 4.90. The molecule has 4 heteroatoms. The van der Waals surface area contributed by atoms with Crippen molar-refractivity contribution in [1.82, 2.24) is 0 Å². The van der Waals surface area contributed by atoms with Gasteiger partial charge in [-0.1, -0.05) is 43.0 Å². The molecule has 2 N–H and O–H groups in total. The Morgan fingerprint density at radius 1 is 1.42 bits per heavy atom. The van der Waals surface area contributed by atoms with Gasteiger partial charge in [0.2, 0.25) is 0 Å². The molecule has 0 heterocycles. The van der Waals surface area contributed by atoms with Crippen LogP contribution < -0.4 is 0 Å². The van der Waals surface area contributed by atoms with E-state index in [0.717, 1.165) is 11.1 Å². The predicted molar refractivity (Wildman–Crippen MR) is 71.4 cm³/mol. The lowest BCUT2D eigenvalue weighted by Crippen LogP contribution is -2.23. The van der Waals surface area contributed by atoms with Gasteiger partial charge in [0.05, 0.1) is 6.61 Å². The van der Waals surface area contributed by atoms with Crippen molar-refractivity contribution in [2.24, 2.45) is 0 Å². The van der Waals surface area contributed by atoms with Crippen LogP contribution in [0.5, 0.6) is 0 Å². The van der Waals surface area contributed by atoms with Crippen LogP contribution in [0.3, 0.4) is 0 Å². The van der Waals surface area contributed by atoms with Crippen LogP contribution in [-0.4, -0.2) is 35.5 Å². The third kappa shape index (κ3) is 2.92. The van der Waals surface area contributed by atoms with E-state index in [0.29, 0.717) is 5.57 Å². The summed E-state index contributed by atoms with van der Waals surface area (Å²) >= 11 is 0. The Labute approximate surface area is 111 Å². The Morgan fingerprint density at radius 2 is 2.16 bits per heavy atom. The van der Waals surface area contributed by atoms with Gasteiger partial charge in [0.15, 0.2) is 0 Å². The summed E-state index contributed by atoms with van der Waals surface area (Å²) in [5.41, 5.74) is 2.41. The van der Waals surface area contributed by atoms with Crippen molar-refractivity contribution in [2.75, 3.05) is 13.2 Å². The molecule has 0 saturated heterocycles. The van der Waals surface area contributed by atoms with E-state index in [1.807, 2.05) is 36.4 Å². The van der Waals surface area contributed by atoms with Gasteiger partial charge in [-0.2, -0.15) is 0 Å². The van der Waals surface area contributed by atoms with Crippen LogP contribution in [0, 0.1) is 0 Å². The summed E-state index contributed by atoms with van der Waals surface area (Å²) in [6.07, 6.45) is 2.79. The Morgan fingerprint density at radius 3 is 2.89 bits per heavy atom. The molecule has 2 unspecified atom stereocenters. The lowest BCUT2D eigenvalue weighted by atomic mass is 9.94. The summed E-state index contributed by atoms with van der Waals surface area (Å²) in [6, 6.07) is 7.76. The van der Waals surface area contributed by atoms with Crippen molar-refractivity contribution in [3.8, 4) is 0 Å². The number of benzene rings is 1. The fourth-order valence-corrected chi connectivity index (χ4v) is 2.00. The van der Waals surface area contributed by atoms with Crippen LogP contribution in [-0.2, 0) is 9.53 Å². The van der Waals surface area contributed by atoms with E-state index in [4.69, 9.17) is 14.9 Å². The number of ether oxygens (including phenoxy) is 1. The van der Waals surface area contributed by atoms with E-state index in [9.17, 15) is 4.79 Å². The minimum absolute atomic E-state index is 0.185. The van der Waals surface area contributed by atoms with Crippen LogP contribution >= 0.6 is 0 Å². The number of rotatable bonds is 5. The second kappa shape index (κ2) is 5.82. The fourth-order valence-electron chi connectivity index (χ4n) is 2.00. The van der Waals surface area contributed by atoms with Crippen molar-refractivity contribution < 1.29 is 19.7 Å². The highest BCUT2D eigenvalue weighted by atomic mass is 16.5. The first kappa shape index (κ1) is 13.5. The van der Waals surface area contributed by atoms with Crippen molar-refractivity contribution in [2.45, 2.75) is 12.0 Å². The van der Waals surface area contributed by atoms with Gasteiger partial charge in [0.25, 0.3) is 0 Å². The third-order valence-corrected chi connectivity index (χ3v) is 3.05. The summed E-state index contributed by atoms with van der Waals surface area (Å²) in [4.78, 5) is 11.8. The van der Waals surface area contributed by atoms with E-state index in [-0.39, 0.29) is 12.5 Å². The van der Waals surface area contributed by atoms with Crippen molar-refractivity contribution >= 4 is 12.0 Å². The highest BCUT2D eigenvalue weighted by molar-refractivity contribution is 5.91. The molecular formula is C15H16O4. The molecule has 0 radical (unpaired) electrons. The molecule has 19 heavy (non-hydrogen) atoms. The minimum atomic E-state index is -1.05. The number of carbonyl (C=O) groups is 1. The van der Waals surface area contributed by atoms with E-state index in [1.54, 1.807) is 0 Å². The van der Waals surface area contributed by atoms with Crippen LogP contribution in [0.4, 0.5) is 0 Å². The first-order chi connectivity index (χ1) is 9.13. The lowest BCUT2D eigenvalue weighted by molar-refractivity contribution is -0.142. The van der Waals surface area contributed by atoms with Gasteiger partial charge in [0, 0.05) is 11.5 Å². The lowest BCUT2D eigenvalue weighted by Gasteiger charge is -2.14. The van der Waals surface area contributed by atoms with E-state index in [2.05, 4.69) is 6.58 Å². The van der Waals surface area contributed by atoms with Crippen LogP contribution in [0.25, 0.3) is 6.08 Å². The van der Waals surface area contributed by atoms with Crippen LogP contribution in [0.2, 0.25) is 0 Å². The average molecular weight is 260 g/mol. The summed E-state index contributed by atoms with van der Waals surface area (Å²) in [6.45, 7) is 3.10. The topological polar surface area (TPSA) is 66.8 Å². The molecule has 1 aromatic carbocycles. The second-order valence-corrected chi connectivity index (χ2v) is 4.43. The summed E-state index contributed by atoms with van der Waals surface area (Å²) in [5.74, 6) is -0.742. The molecule has 0 saturated carbocycles. The number of allylic oxidation sites excluding steroid dienone is 1. The maximum Gasteiger partial charge on any atom is 0.334 e. The highest BCUT2D eigenvalue weighted by Gasteiger charge is 2.25. The minimum Gasteiger partial charge on any atom is -0.459 e. The molecule has 0 amide bonds. The smallest absolute Gasteiger partial charge is 0.334 e. The number of aliphatic hydroxyl groups is 2. The van der Waals surface area contributed by atoms with Gasteiger partial charge in [-0.05, 0) is 11.1 Å². The molecule has 0 bridgehead atoms. The molecule has 100 valence electrons. The van der Waals surface area contributed by atoms with E-state index in [1.165, 1.54) is 0 Å². The molecule has 0 aliphatic heterocycles. The monoisotopic (exact) mass is 260 g/mol. The van der Waals surface area contributed by atoms with E-state index < -0.39 is 18.7 Å². The van der Waals surface area contributed by atoms with Gasteiger partial charge in [-0.25, -0.2) is 4.79 Å². The van der Waals surface area contributed by atoms with Crippen LogP contribution in [0.1, 0.15) is 17.0 Å². The number of hydrogen-bond acceptors (Lipinski definition) is 4. The largest absolute Gasteiger partial charge is 0.459 e. The molecule has 1 aliphatic carbocycles. The molecule has 0 spiro atoms. The predicted octanol–water partition coefficient (Wildman–Crippen LogP) is 1.25. The highest BCUT2D eigenvalue weighted by Crippen LogP contribution is 2.34. The molecule has 0 fully saturated rings. The molecular weight excluding hydrogens is 244 g/mol. The van der Waals surface area contributed by atoms with E-state index >= 15 is 0 Å². The zero-order valence-electron chi connectivity index (χ0n) is 10.5. The van der Waals surface area contributed by atoms with Gasteiger partial charge in [-0.15, -0.1) is 0 Å². The van der Waals surface area contributed by atoms with Crippen molar-refractivity contribution in [3.05, 3.63) is 53.6 Å². The fraction of sp³-hybridized carbons (Fsp3) is 0.267. The zero-order chi connectivity index (χ0) is 13.8. The molecule has 1 aliphatic rings. The zero-order valence-corrected chi connectivity index (χ0v) is 10.5. The van der Waals surface area contributed by atoms with Crippen LogP contribution in [0.15, 0.2) is 42.5 Å². The quantitative estimate of drug-likeness (QED) is 0.617. The molecule has 0 aromatic heterocycles. The average Bonchev–Trinajstić information content (AvgIpc) is 2.87. The van der Waals surface area contributed by atoms with Gasteiger partial charge in [-0.3, -0.25) is 0 Å². The van der Waals surface area contributed by atoms with Gasteiger partial charge in [0.1, 0.15) is 12.7 Å². The number of carbonyl (C=O) groups excluding carboxylic acids is 1. The Hall–Kier alpha value is -1.91. The first-order valence-corrected chi connectivity index (χ1v) is 6.05. The SMILES string of the molecule is C=C(C(=O)OCC(O)CO)C1C=Cc2ccccc21. The van der Waals surface area contributed by atoms with Gasteiger partial charge < -0.3 is 14.9 Å². The first-order valence-electron chi connectivity index (χ1n) is 6.05. The maximum atomic E-state index is 11.8. The molecule has 4 nitrogen and oxygen atoms in total. The van der Waals surface area contributed by atoms with Crippen molar-refractivity contribution in [3.63, 3.8) is 0 Å². The number of aliphatic hydroxyl groups excluding tert-OH is 2. The standard InChI is InChI=1S/C15H16O4/c1-10(15(18)19-9-12(17)8-16)13-7-6-11-4-2-3-5-14(11)13/h2-7,12-13,16-17H,1,8-9H2. The van der Waals surface area contributed by atoms with Gasteiger partial charge >= 0.3 is 5.97 Å². The number of hydrogen-bond donors (Lipinski definition) is 2. The molecule has 1 aromatic rings. The molecule has 2 atom stereocenters. The van der Waals surface area contributed by atoms with Crippen molar-refractivity contribution in [1.29, 1.82) is 0 Å². The number of fused-ring (bicyclic) bond motifs is 1. The Bertz CT molecular complexity index is 519. The Balaban J connectivity index is 2.02. The normalized spacial score (nSPS) is 17.9. The maximum absolute atomic E-state index is 11.8. The second-order valence-electron chi connectivity index (χ2n) is 4.43. The summed E-state index contributed by atoms with van der Waals surface area (Å²) in [7, 11) is 0. The number of esters is 1. The summed E-state index contributed by atoms with van der Waals surface area (Å²) in [5, 5.41) is 17.8. The Kier molecular flexibility index (Phi) is 4.14. The third-order valence-electron chi connectivity index (χ3n) is 3.05.